The summed E-state index contributed by atoms with van der Waals surface area (Å²) in [7, 11) is -3.40. The van der Waals surface area contributed by atoms with Crippen LogP contribution in [0.25, 0.3) is 10.2 Å². The second kappa shape index (κ2) is 9.67. The number of anilines is 1. The molecule has 0 N–H and O–H groups in total. The number of amides is 1. The standard InChI is InChI=1S/C25H24N2O3S3/c1-17(2)33(29,30)21-12-9-19(10-13-21)24(28)27(16-18-7-5-4-6-8-18)25-26-22-14-11-20(31-3)15-23(22)32-25/h4-15,17H,16H2,1-3H3. The van der Waals surface area contributed by atoms with Gasteiger partial charge < -0.3 is 0 Å². The molecule has 1 heterocycles. The smallest absolute Gasteiger partial charge is 0.260 e. The minimum atomic E-state index is -3.40. The number of rotatable bonds is 7. The largest absolute Gasteiger partial charge is 0.279 e. The fourth-order valence-electron chi connectivity index (χ4n) is 3.34. The molecule has 0 atom stereocenters. The number of thiazole rings is 1. The van der Waals surface area contributed by atoms with Gasteiger partial charge in [-0.05, 0) is 68.1 Å². The molecular weight excluding hydrogens is 472 g/mol. The average molecular weight is 497 g/mol. The Hall–Kier alpha value is -2.68. The van der Waals surface area contributed by atoms with Crippen LogP contribution in [0.2, 0.25) is 0 Å². The molecule has 0 fully saturated rings. The van der Waals surface area contributed by atoms with Crippen molar-refractivity contribution in [2.45, 2.75) is 35.4 Å². The quantitative estimate of drug-likeness (QED) is 0.292. The van der Waals surface area contributed by atoms with Crippen LogP contribution in [-0.4, -0.2) is 30.8 Å². The van der Waals surface area contributed by atoms with Gasteiger partial charge in [0.25, 0.3) is 5.91 Å². The number of fused-ring (bicyclic) bond motifs is 1. The van der Waals surface area contributed by atoms with E-state index in [2.05, 4.69) is 6.07 Å². The van der Waals surface area contributed by atoms with Crippen molar-refractivity contribution in [3.05, 3.63) is 83.9 Å². The van der Waals surface area contributed by atoms with Crippen molar-refractivity contribution < 1.29 is 13.2 Å². The van der Waals surface area contributed by atoms with Crippen LogP contribution in [0, 0.1) is 0 Å². The van der Waals surface area contributed by atoms with Crippen molar-refractivity contribution in [3.63, 3.8) is 0 Å². The molecule has 8 heteroatoms. The predicted octanol–water partition coefficient (Wildman–Crippen LogP) is 6.05. The van der Waals surface area contributed by atoms with Gasteiger partial charge in [0.05, 0.1) is 26.9 Å². The van der Waals surface area contributed by atoms with Crippen LogP contribution < -0.4 is 4.90 Å². The lowest BCUT2D eigenvalue weighted by Gasteiger charge is -2.20. The Balaban J connectivity index is 1.72. The van der Waals surface area contributed by atoms with E-state index in [-0.39, 0.29) is 10.8 Å². The van der Waals surface area contributed by atoms with E-state index in [0.29, 0.717) is 17.2 Å². The number of aromatic nitrogens is 1. The summed E-state index contributed by atoms with van der Waals surface area (Å²) in [5.41, 5.74) is 2.24. The second-order valence-electron chi connectivity index (χ2n) is 7.83. The van der Waals surface area contributed by atoms with E-state index in [9.17, 15) is 13.2 Å². The number of sulfone groups is 1. The topological polar surface area (TPSA) is 67.3 Å². The molecule has 0 saturated carbocycles. The SMILES string of the molecule is CSc1ccc2nc(N(Cc3ccccc3)C(=O)c3ccc(S(=O)(=O)C(C)C)cc3)sc2c1. The highest BCUT2D eigenvalue weighted by Gasteiger charge is 2.24. The Morgan fingerprint density at radius 3 is 2.36 bits per heavy atom. The molecule has 0 unspecified atom stereocenters. The number of carbonyl (C=O) groups is 1. The van der Waals surface area contributed by atoms with E-state index < -0.39 is 15.1 Å². The molecule has 0 radical (unpaired) electrons. The van der Waals surface area contributed by atoms with Crippen molar-refractivity contribution in [1.29, 1.82) is 0 Å². The molecule has 0 aliphatic rings. The van der Waals surface area contributed by atoms with Crippen molar-refractivity contribution >= 4 is 54.2 Å². The lowest BCUT2D eigenvalue weighted by molar-refractivity contribution is 0.0985. The van der Waals surface area contributed by atoms with E-state index in [1.807, 2.05) is 48.7 Å². The normalized spacial score (nSPS) is 11.8. The number of carbonyl (C=O) groups excluding carboxylic acids is 1. The van der Waals surface area contributed by atoms with Crippen LogP contribution in [0.15, 0.2) is 82.6 Å². The third-order valence-corrected chi connectivity index (χ3v) is 9.23. The van der Waals surface area contributed by atoms with Crippen molar-refractivity contribution in [2.24, 2.45) is 0 Å². The van der Waals surface area contributed by atoms with Crippen LogP contribution in [0.5, 0.6) is 0 Å². The molecule has 1 aromatic heterocycles. The van der Waals surface area contributed by atoms with Gasteiger partial charge in [-0.2, -0.15) is 0 Å². The van der Waals surface area contributed by atoms with Crippen molar-refractivity contribution in [1.82, 2.24) is 4.98 Å². The Morgan fingerprint density at radius 2 is 1.73 bits per heavy atom. The number of hydrogen-bond acceptors (Lipinski definition) is 6. The Morgan fingerprint density at radius 1 is 1.03 bits per heavy atom. The first-order chi connectivity index (χ1) is 15.8. The molecular formula is C25H24N2O3S3. The number of hydrogen-bond donors (Lipinski definition) is 0. The summed E-state index contributed by atoms with van der Waals surface area (Å²) >= 11 is 3.13. The molecule has 0 saturated heterocycles. The van der Waals surface area contributed by atoms with Crippen molar-refractivity contribution in [2.75, 3.05) is 11.2 Å². The summed E-state index contributed by atoms with van der Waals surface area (Å²) in [6.07, 6.45) is 2.03. The molecule has 0 aliphatic carbocycles. The Labute approximate surface area is 202 Å². The summed E-state index contributed by atoms with van der Waals surface area (Å²) in [5, 5.41) is 0.0820. The average Bonchev–Trinajstić information content (AvgIpc) is 3.25. The minimum Gasteiger partial charge on any atom is -0.279 e. The molecule has 0 bridgehead atoms. The van der Waals surface area contributed by atoms with E-state index in [0.717, 1.165) is 20.7 Å². The highest BCUT2D eigenvalue weighted by molar-refractivity contribution is 7.98. The summed E-state index contributed by atoms with van der Waals surface area (Å²) in [4.78, 5) is 21.3. The van der Waals surface area contributed by atoms with Gasteiger partial charge in [-0.1, -0.05) is 41.7 Å². The highest BCUT2D eigenvalue weighted by atomic mass is 32.2. The maximum atomic E-state index is 13.6. The van der Waals surface area contributed by atoms with Gasteiger partial charge in [0.1, 0.15) is 0 Å². The third kappa shape index (κ3) is 4.98. The zero-order valence-corrected chi connectivity index (χ0v) is 21.0. The van der Waals surface area contributed by atoms with Crippen LogP contribution in [0.3, 0.4) is 0 Å². The molecule has 4 aromatic rings. The molecule has 4 rings (SSSR count). The van der Waals surface area contributed by atoms with Gasteiger partial charge in [0.15, 0.2) is 15.0 Å². The van der Waals surface area contributed by atoms with Crippen LogP contribution in [0.4, 0.5) is 5.13 Å². The molecule has 5 nitrogen and oxygen atoms in total. The molecule has 1 amide bonds. The zero-order chi connectivity index (χ0) is 23.6. The maximum Gasteiger partial charge on any atom is 0.260 e. The number of nitrogens with zero attached hydrogens (tertiary/aromatic N) is 2. The lowest BCUT2D eigenvalue weighted by atomic mass is 10.1. The van der Waals surface area contributed by atoms with Gasteiger partial charge in [0.2, 0.25) is 0 Å². The van der Waals surface area contributed by atoms with E-state index >= 15 is 0 Å². The van der Waals surface area contributed by atoms with E-state index in [1.165, 1.54) is 23.5 Å². The molecule has 0 spiro atoms. The van der Waals surface area contributed by atoms with E-state index in [4.69, 9.17) is 4.98 Å². The summed E-state index contributed by atoms with van der Waals surface area (Å²) in [5.74, 6) is -0.225. The molecule has 33 heavy (non-hydrogen) atoms. The second-order valence-corrected chi connectivity index (χ2v) is 12.2. The predicted molar refractivity (Wildman–Crippen MR) is 137 cm³/mol. The molecule has 0 aliphatic heterocycles. The molecule has 170 valence electrons. The van der Waals surface area contributed by atoms with Gasteiger partial charge in [-0.25, -0.2) is 13.4 Å². The Bertz CT molecular complexity index is 1380. The van der Waals surface area contributed by atoms with Gasteiger partial charge in [-0.3, -0.25) is 9.69 Å². The maximum absolute atomic E-state index is 13.6. The molecule has 3 aromatic carbocycles. The lowest BCUT2D eigenvalue weighted by Crippen LogP contribution is -2.30. The first-order valence-corrected chi connectivity index (χ1v) is 14.0. The summed E-state index contributed by atoms with van der Waals surface area (Å²) < 4.78 is 25.9. The monoisotopic (exact) mass is 496 g/mol. The number of benzene rings is 3. The summed E-state index contributed by atoms with van der Waals surface area (Å²) in [6.45, 7) is 3.65. The first kappa shape index (κ1) is 23.5. The van der Waals surface area contributed by atoms with Gasteiger partial charge >= 0.3 is 0 Å². The van der Waals surface area contributed by atoms with E-state index in [1.54, 1.807) is 42.6 Å². The van der Waals surface area contributed by atoms with Gasteiger partial charge in [0, 0.05) is 10.5 Å². The van der Waals surface area contributed by atoms with Crippen molar-refractivity contribution in [3.8, 4) is 0 Å². The van der Waals surface area contributed by atoms with Gasteiger partial charge in [-0.15, -0.1) is 11.8 Å². The first-order valence-electron chi connectivity index (χ1n) is 10.4. The highest BCUT2D eigenvalue weighted by Crippen LogP contribution is 2.33. The third-order valence-electron chi connectivity index (χ3n) is 5.29. The zero-order valence-electron chi connectivity index (χ0n) is 18.6. The van der Waals surface area contributed by atoms with Crippen LogP contribution >= 0.6 is 23.1 Å². The fourth-order valence-corrected chi connectivity index (χ4v) is 5.92. The van der Waals surface area contributed by atoms with Crippen LogP contribution in [-0.2, 0) is 16.4 Å². The Kier molecular flexibility index (Phi) is 6.88. The summed E-state index contributed by atoms with van der Waals surface area (Å²) in [6, 6.07) is 22.0. The minimum absolute atomic E-state index is 0.216. The van der Waals surface area contributed by atoms with Crippen LogP contribution in [0.1, 0.15) is 29.8 Å². The fraction of sp³-hybridized carbons (Fsp3) is 0.200. The number of thioether (sulfide) groups is 1.